The average molecular weight is 466 g/mol. The van der Waals surface area contributed by atoms with E-state index in [0.717, 1.165) is 47.1 Å². The molecule has 6 heteroatoms. The molecule has 1 saturated carbocycles. The number of aliphatic imine (C=N–C) groups is 1. The lowest BCUT2D eigenvalue weighted by atomic mass is 9.97. The molecule has 4 aromatic rings. The van der Waals surface area contributed by atoms with Gasteiger partial charge in [-0.25, -0.2) is 0 Å². The second-order valence-electron chi connectivity index (χ2n) is 9.04. The maximum absolute atomic E-state index is 13.3. The minimum Gasteiger partial charge on any atom is -0.455 e. The highest BCUT2D eigenvalue weighted by Crippen LogP contribution is 2.43. The number of nitrogen functional groups attached to an aromatic ring is 1. The predicted octanol–water partition coefficient (Wildman–Crippen LogP) is 5.95. The summed E-state index contributed by atoms with van der Waals surface area (Å²) in [7, 11) is 1.68. The van der Waals surface area contributed by atoms with Crippen LogP contribution in [0.4, 0.5) is 11.4 Å². The number of benzene rings is 3. The number of fused-ring (bicyclic) bond motifs is 1. The molecule has 0 spiro atoms. The summed E-state index contributed by atoms with van der Waals surface area (Å²) in [6.07, 6.45) is 4.76. The first kappa shape index (κ1) is 22.6. The number of nitrogens with two attached hydrogens (primary N) is 1. The SMILES string of the molecule is CN=Cc1cc(-c2cc(=O)c3cc(C4CC4)cc(C(C)Nc4ccccc4C=O)c3o2)ccc1N. The van der Waals surface area contributed by atoms with Crippen LogP contribution in [-0.4, -0.2) is 19.5 Å². The van der Waals surface area contributed by atoms with Gasteiger partial charge in [0.2, 0.25) is 0 Å². The van der Waals surface area contributed by atoms with E-state index in [-0.39, 0.29) is 11.5 Å². The summed E-state index contributed by atoms with van der Waals surface area (Å²) in [5, 5.41) is 4.01. The van der Waals surface area contributed by atoms with E-state index in [2.05, 4.69) is 16.4 Å². The van der Waals surface area contributed by atoms with E-state index >= 15 is 0 Å². The molecule has 176 valence electrons. The zero-order valence-electron chi connectivity index (χ0n) is 19.7. The van der Waals surface area contributed by atoms with Crippen molar-refractivity contribution in [2.45, 2.75) is 31.7 Å². The molecule has 1 atom stereocenters. The molecule has 1 fully saturated rings. The van der Waals surface area contributed by atoms with E-state index in [9.17, 15) is 9.59 Å². The van der Waals surface area contributed by atoms with Gasteiger partial charge in [0, 0.05) is 53.0 Å². The first-order valence-corrected chi connectivity index (χ1v) is 11.7. The van der Waals surface area contributed by atoms with Gasteiger partial charge < -0.3 is 15.5 Å². The lowest BCUT2D eigenvalue weighted by Gasteiger charge is -2.19. The standard InChI is InChI=1S/C29H27N3O3/c1-17(32-26-6-4-3-5-20(26)16-33)23-12-21(18-7-8-18)13-24-27(34)14-28(35-29(23)24)19-9-10-25(30)22(11-19)15-31-2/h3-6,9-18,32H,7-8,30H2,1-2H3. The predicted molar refractivity (Wildman–Crippen MR) is 142 cm³/mol. The smallest absolute Gasteiger partial charge is 0.193 e. The van der Waals surface area contributed by atoms with Crippen molar-refractivity contribution in [3.63, 3.8) is 0 Å². The second-order valence-corrected chi connectivity index (χ2v) is 9.04. The maximum atomic E-state index is 13.3. The minimum atomic E-state index is -0.204. The molecular weight excluding hydrogens is 438 g/mol. The summed E-state index contributed by atoms with van der Waals surface area (Å²) in [5.74, 6) is 0.939. The number of para-hydroxylation sites is 1. The van der Waals surface area contributed by atoms with E-state index < -0.39 is 0 Å². The van der Waals surface area contributed by atoms with Crippen molar-refractivity contribution >= 4 is 34.8 Å². The number of anilines is 2. The molecule has 1 aliphatic carbocycles. The molecule has 0 aliphatic heterocycles. The van der Waals surface area contributed by atoms with E-state index in [1.165, 1.54) is 0 Å². The van der Waals surface area contributed by atoms with Gasteiger partial charge in [0.05, 0.1) is 11.4 Å². The van der Waals surface area contributed by atoms with Crippen molar-refractivity contribution in [3.05, 3.63) is 93.1 Å². The summed E-state index contributed by atoms with van der Waals surface area (Å²) >= 11 is 0. The molecule has 6 nitrogen and oxygen atoms in total. The van der Waals surface area contributed by atoms with Crippen LogP contribution >= 0.6 is 0 Å². The van der Waals surface area contributed by atoms with Crippen LogP contribution in [0.1, 0.15) is 58.8 Å². The number of carbonyl (C=O) groups is 1. The first-order chi connectivity index (χ1) is 17.0. The molecule has 3 aromatic carbocycles. The molecule has 1 aromatic heterocycles. The van der Waals surface area contributed by atoms with Crippen molar-refractivity contribution in [1.82, 2.24) is 0 Å². The van der Waals surface area contributed by atoms with Crippen LogP contribution in [0.2, 0.25) is 0 Å². The van der Waals surface area contributed by atoms with Crippen molar-refractivity contribution in [2.75, 3.05) is 18.1 Å². The van der Waals surface area contributed by atoms with Crippen LogP contribution in [0.15, 0.2) is 74.9 Å². The molecule has 35 heavy (non-hydrogen) atoms. The van der Waals surface area contributed by atoms with E-state index in [0.29, 0.717) is 33.9 Å². The van der Waals surface area contributed by atoms with Gasteiger partial charge in [-0.15, -0.1) is 0 Å². The number of hydrogen-bond acceptors (Lipinski definition) is 6. The van der Waals surface area contributed by atoms with Crippen molar-refractivity contribution in [1.29, 1.82) is 0 Å². The van der Waals surface area contributed by atoms with E-state index in [1.807, 2.05) is 43.3 Å². The van der Waals surface area contributed by atoms with Gasteiger partial charge in [-0.2, -0.15) is 0 Å². The zero-order valence-corrected chi connectivity index (χ0v) is 19.7. The molecule has 0 saturated heterocycles. The Morgan fingerprint density at radius 2 is 1.89 bits per heavy atom. The van der Waals surface area contributed by atoms with Crippen molar-refractivity contribution in [2.24, 2.45) is 4.99 Å². The molecule has 0 amide bonds. The molecule has 5 rings (SSSR count). The van der Waals surface area contributed by atoms with Gasteiger partial charge in [-0.3, -0.25) is 14.6 Å². The lowest BCUT2D eigenvalue weighted by molar-refractivity contribution is 0.112. The molecule has 0 radical (unpaired) electrons. The highest BCUT2D eigenvalue weighted by Gasteiger charge is 2.27. The fourth-order valence-corrected chi connectivity index (χ4v) is 4.45. The molecule has 1 heterocycles. The summed E-state index contributed by atoms with van der Waals surface area (Å²) in [4.78, 5) is 28.9. The summed E-state index contributed by atoms with van der Waals surface area (Å²) in [5.41, 5.74) is 12.0. The molecule has 3 N–H and O–H groups in total. The Balaban J connectivity index is 1.66. The summed E-state index contributed by atoms with van der Waals surface area (Å²) < 4.78 is 6.41. The van der Waals surface area contributed by atoms with E-state index in [1.54, 1.807) is 31.5 Å². The molecule has 1 unspecified atom stereocenters. The van der Waals surface area contributed by atoms with Crippen LogP contribution in [-0.2, 0) is 0 Å². The fourth-order valence-electron chi connectivity index (χ4n) is 4.45. The van der Waals surface area contributed by atoms with Crippen LogP contribution in [0.25, 0.3) is 22.3 Å². The Kier molecular flexibility index (Phi) is 5.95. The second kappa shape index (κ2) is 9.22. The monoisotopic (exact) mass is 465 g/mol. The zero-order chi connectivity index (χ0) is 24.5. The number of nitrogens with zero attached hydrogens (tertiary/aromatic N) is 1. The van der Waals surface area contributed by atoms with Gasteiger partial charge in [-0.1, -0.05) is 12.1 Å². The molecule has 1 aliphatic rings. The minimum absolute atomic E-state index is 0.0898. The third kappa shape index (κ3) is 4.47. The van der Waals surface area contributed by atoms with Crippen LogP contribution < -0.4 is 16.5 Å². The number of rotatable bonds is 7. The van der Waals surface area contributed by atoms with Gasteiger partial charge in [0.25, 0.3) is 0 Å². The van der Waals surface area contributed by atoms with Crippen LogP contribution in [0.5, 0.6) is 0 Å². The lowest BCUT2D eigenvalue weighted by Crippen LogP contribution is -2.11. The largest absolute Gasteiger partial charge is 0.455 e. The van der Waals surface area contributed by atoms with Gasteiger partial charge in [-0.05, 0) is 73.7 Å². The summed E-state index contributed by atoms with van der Waals surface area (Å²) in [6, 6.07) is 18.3. The highest BCUT2D eigenvalue weighted by molar-refractivity contribution is 5.90. The Hall–Kier alpha value is -4.19. The van der Waals surface area contributed by atoms with Crippen LogP contribution in [0, 0.1) is 0 Å². The average Bonchev–Trinajstić information content (AvgIpc) is 3.71. The topological polar surface area (TPSA) is 97.7 Å². The number of carbonyl (C=O) groups excluding carboxylic acids is 1. The maximum Gasteiger partial charge on any atom is 0.193 e. The molecule has 0 bridgehead atoms. The Morgan fingerprint density at radius 3 is 2.63 bits per heavy atom. The molecular formula is C29H27N3O3. The Labute approximate surface area is 203 Å². The Morgan fingerprint density at radius 1 is 1.09 bits per heavy atom. The highest BCUT2D eigenvalue weighted by atomic mass is 16.3. The van der Waals surface area contributed by atoms with Gasteiger partial charge in [0.15, 0.2) is 11.7 Å². The first-order valence-electron chi connectivity index (χ1n) is 11.7. The number of hydrogen-bond donors (Lipinski definition) is 2. The third-order valence-electron chi connectivity index (χ3n) is 6.49. The van der Waals surface area contributed by atoms with E-state index in [4.69, 9.17) is 10.2 Å². The fraction of sp³-hybridized carbons (Fsp3) is 0.207. The van der Waals surface area contributed by atoms with Crippen LogP contribution in [0.3, 0.4) is 0 Å². The van der Waals surface area contributed by atoms with Gasteiger partial charge in [0.1, 0.15) is 11.3 Å². The number of nitrogens with one attached hydrogen (secondary N) is 1. The van der Waals surface area contributed by atoms with Crippen molar-refractivity contribution in [3.8, 4) is 11.3 Å². The number of aldehydes is 1. The summed E-state index contributed by atoms with van der Waals surface area (Å²) in [6.45, 7) is 2.01. The van der Waals surface area contributed by atoms with Gasteiger partial charge >= 0.3 is 0 Å². The quantitative estimate of drug-likeness (QED) is 0.200. The van der Waals surface area contributed by atoms with Crippen molar-refractivity contribution < 1.29 is 9.21 Å². The normalized spacial score (nSPS) is 14.3. The Bertz CT molecular complexity index is 1520. The third-order valence-corrected chi connectivity index (χ3v) is 6.49.